The van der Waals surface area contributed by atoms with Crippen LogP contribution in [0.25, 0.3) is 0 Å². The number of benzene rings is 1. The molecule has 0 radical (unpaired) electrons. The summed E-state index contributed by atoms with van der Waals surface area (Å²) in [6, 6.07) is 7.04. The van der Waals surface area contributed by atoms with Gasteiger partial charge < -0.3 is 15.3 Å². The molecule has 4 heteroatoms. The molecule has 1 amide bonds. The maximum absolute atomic E-state index is 12.8. The van der Waals surface area contributed by atoms with Gasteiger partial charge in [-0.2, -0.15) is 0 Å². The molecule has 2 rings (SSSR count). The number of carbonyl (C=O) groups excluding carboxylic acids is 1. The number of nitrogens with one attached hydrogen (secondary N) is 1. The molecule has 0 spiro atoms. The predicted molar refractivity (Wildman–Crippen MR) is 79.4 cm³/mol. The number of phenolic OH excluding ortho intramolecular Hbond substituents is 1. The van der Waals surface area contributed by atoms with Gasteiger partial charge >= 0.3 is 0 Å². The fraction of sp³-hybridized carbons (Fsp3) is 0.562. The standard InChI is InChI=1S/C16H24N2O2/c1-3-16(8-10-17-11-9-16)15(20)18(2)12-13-4-6-14(19)7-5-13/h4-7,17,19H,3,8-12H2,1-2H3. The van der Waals surface area contributed by atoms with Crippen molar-refractivity contribution in [2.24, 2.45) is 5.41 Å². The van der Waals surface area contributed by atoms with Crippen molar-refractivity contribution >= 4 is 5.91 Å². The van der Waals surface area contributed by atoms with Crippen molar-refractivity contribution in [3.63, 3.8) is 0 Å². The molecule has 110 valence electrons. The van der Waals surface area contributed by atoms with Crippen LogP contribution in [0, 0.1) is 5.41 Å². The van der Waals surface area contributed by atoms with Crippen LogP contribution < -0.4 is 5.32 Å². The zero-order valence-electron chi connectivity index (χ0n) is 12.4. The summed E-state index contributed by atoms with van der Waals surface area (Å²) in [7, 11) is 1.87. The lowest BCUT2D eigenvalue weighted by atomic mass is 9.75. The summed E-state index contributed by atoms with van der Waals surface area (Å²) < 4.78 is 0. The molecule has 4 nitrogen and oxygen atoms in total. The lowest BCUT2D eigenvalue weighted by Gasteiger charge is -2.38. The molecule has 0 aromatic heterocycles. The van der Waals surface area contributed by atoms with Gasteiger partial charge in [0.2, 0.25) is 5.91 Å². The van der Waals surface area contributed by atoms with Gasteiger partial charge in [0, 0.05) is 13.6 Å². The largest absolute Gasteiger partial charge is 0.508 e. The van der Waals surface area contributed by atoms with Crippen LogP contribution in [0.1, 0.15) is 31.7 Å². The fourth-order valence-corrected chi connectivity index (χ4v) is 2.98. The average molecular weight is 276 g/mol. The summed E-state index contributed by atoms with van der Waals surface area (Å²) in [5.41, 5.74) is 0.843. The Morgan fingerprint density at radius 1 is 1.30 bits per heavy atom. The van der Waals surface area contributed by atoms with E-state index in [1.807, 2.05) is 24.1 Å². The smallest absolute Gasteiger partial charge is 0.228 e. The third-order valence-electron chi connectivity index (χ3n) is 4.39. The predicted octanol–water partition coefficient (Wildman–Crippen LogP) is 2.13. The third kappa shape index (κ3) is 3.12. The number of hydrogen-bond acceptors (Lipinski definition) is 3. The fourth-order valence-electron chi connectivity index (χ4n) is 2.98. The number of carbonyl (C=O) groups is 1. The molecule has 1 aromatic carbocycles. The molecule has 1 aromatic rings. The minimum atomic E-state index is -0.198. The topological polar surface area (TPSA) is 52.6 Å². The normalized spacial score (nSPS) is 17.7. The monoisotopic (exact) mass is 276 g/mol. The van der Waals surface area contributed by atoms with Crippen molar-refractivity contribution in [2.75, 3.05) is 20.1 Å². The summed E-state index contributed by atoms with van der Waals surface area (Å²) in [6.07, 6.45) is 2.73. The van der Waals surface area contributed by atoms with Gasteiger partial charge in [-0.15, -0.1) is 0 Å². The molecule has 0 atom stereocenters. The second-order valence-corrected chi connectivity index (χ2v) is 5.71. The van der Waals surface area contributed by atoms with E-state index in [2.05, 4.69) is 12.2 Å². The van der Waals surface area contributed by atoms with Gasteiger partial charge in [0.1, 0.15) is 5.75 Å². The lowest BCUT2D eigenvalue weighted by molar-refractivity contribution is -0.143. The summed E-state index contributed by atoms with van der Waals surface area (Å²) in [4.78, 5) is 14.6. The van der Waals surface area contributed by atoms with E-state index < -0.39 is 0 Å². The Bertz CT molecular complexity index is 450. The van der Waals surface area contributed by atoms with Crippen molar-refractivity contribution in [3.05, 3.63) is 29.8 Å². The lowest BCUT2D eigenvalue weighted by Crippen LogP contribution is -2.47. The van der Waals surface area contributed by atoms with Crippen LogP contribution in [0.5, 0.6) is 5.75 Å². The van der Waals surface area contributed by atoms with E-state index in [4.69, 9.17) is 0 Å². The number of hydrogen-bond donors (Lipinski definition) is 2. The summed E-state index contributed by atoms with van der Waals surface area (Å²) in [6.45, 7) is 4.55. The van der Waals surface area contributed by atoms with Crippen molar-refractivity contribution in [1.82, 2.24) is 10.2 Å². The first-order chi connectivity index (χ1) is 9.57. The highest BCUT2D eigenvalue weighted by molar-refractivity contribution is 5.82. The Kier molecular flexibility index (Phi) is 4.65. The maximum Gasteiger partial charge on any atom is 0.228 e. The summed E-state index contributed by atoms with van der Waals surface area (Å²) in [5, 5.41) is 12.6. The Balaban J connectivity index is 2.05. The highest BCUT2D eigenvalue weighted by Gasteiger charge is 2.39. The number of nitrogens with zero attached hydrogens (tertiary/aromatic N) is 1. The minimum absolute atomic E-state index is 0.198. The summed E-state index contributed by atoms with van der Waals surface area (Å²) >= 11 is 0. The quantitative estimate of drug-likeness (QED) is 0.886. The molecule has 0 saturated carbocycles. The first kappa shape index (κ1) is 14.9. The second-order valence-electron chi connectivity index (χ2n) is 5.71. The van der Waals surface area contributed by atoms with Crippen molar-refractivity contribution in [3.8, 4) is 5.75 Å². The molecule has 0 aliphatic carbocycles. The number of phenols is 1. The van der Waals surface area contributed by atoms with E-state index in [0.717, 1.165) is 37.9 Å². The van der Waals surface area contributed by atoms with Crippen molar-refractivity contribution in [2.45, 2.75) is 32.7 Å². The summed E-state index contributed by atoms with van der Waals surface area (Å²) in [5.74, 6) is 0.501. The van der Waals surface area contributed by atoms with Crippen molar-refractivity contribution < 1.29 is 9.90 Å². The zero-order valence-corrected chi connectivity index (χ0v) is 12.4. The van der Waals surface area contributed by atoms with Crippen LogP contribution in [-0.2, 0) is 11.3 Å². The molecule has 1 fully saturated rings. The van der Waals surface area contributed by atoms with E-state index in [1.165, 1.54) is 0 Å². The molecule has 1 aliphatic rings. The van der Waals surface area contributed by atoms with Crippen LogP contribution in [0.4, 0.5) is 0 Å². The molecule has 1 heterocycles. The van der Waals surface area contributed by atoms with Gasteiger partial charge in [-0.25, -0.2) is 0 Å². The van der Waals surface area contributed by atoms with E-state index >= 15 is 0 Å². The van der Waals surface area contributed by atoms with Gasteiger partial charge in [-0.1, -0.05) is 19.1 Å². The number of aromatic hydroxyl groups is 1. The molecule has 0 bridgehead atoms. The molecule has 1 saturated heterocycles. The first-order valence-corrected chi connectivity index (χ1v) is 7.31. The van der Waals surface area contributed by atoms with Crippen LogP contribution in [0.2, 0.25) is 0 Å². The second kappa shape index (κ2) is 6.27. The number of amides is 1. The number of rotatable bonds is 4. The number of piperidine rings is 1. The van der Waals surface area contributed by atoms with Gasteiger partial charge in [0.25, 0.3) is 0 Å². The molecular formula is C16H24N2O2. The molecule has 2 N–H and O–H groups in total. The molecular weight excluding hydrogens is 252 g/mol. The molecule has 1 aliphatic heterocycles. The van der Waals surface area contributed by atoms with Gasteiger partial charge in [0.15, 0.2) is 0 Å². The molecule has 20 heavy (non-hydrogen) atoms. The van der Waals surface area contributed by atoms with Gasteiger partial charge in [-0.3, -0.25) is 4.79 Å². The van der Waals surface area contributed by atoms with E-state index in [9.17, 15) is 9.90 Å². The van der Waals surface area contributed by atoms with Crippen LogP contribution in [0.15, 0.2) is 24.3 Å². The van der Waals surface area contributed by atoms with E-state index in [-0.39, 0.29) is 17.1 Å². The Labute approximate surface area is 120 Å². The minimum Gasteiger partial charge on any atom is -0.508 e. The highest BCUT2D eigenvalue weighted by Crippen LogP contribution is 2.34. The Morgan fingerprint density at radius 2 is 1.90 bits per heavy atom. The maximum atomic E-state index is 12.8. The highest BCUT2D eigenvalue weighted by atomic mass is 16.3. The SMILES string of the molecule is CCC1(C(=O)N(C)Cc2ccc(O)cc2)CCNCC1. The third-order valence-corrected chi connectivity index (χ3v) is 4.39. The van der Waals surface area contributed by atoms with Gasteiger partial charge in [0.05, 0.1) is 5.41 Å². The zero-order chi connectivity index (χ0) is 14.6. The Hall–Kier alpha value is -1.55. The molecule has 0 unspecified atom stereocenters. The Morgan fingerprint density at radius 3 is 2.45 bits per heavy atom. The first-order valence-electron chi connectivity index (χ1n) is 7.31. The average Bonchev–Trinajstić information content (AvgIpc) is 2.49. The van der Waals surface area contributed by atoms with Crippen LogP contribution in [-0.4, -0.2) is 36.1 Å². The van der Waals surface area contributed by atoms with E-state index in [0.29, 0.717) is 6.54 Å². The van der Waals surface area contributed by atoms with Gasteiger partial charge in [-0.05, 0) is 50.0 Å². The van der Waals surface area contributed by atoms with Crippen LogP contribution in [0.3, 0.4) is 0 Å². The van der Waals surface area contributed by atoms with E-state index in [1.54, 1.807) is 12.1 Å². The van der Waals surface area contributed by atoms with Crippen molar-refractivity contribution in [1.29, 1.82) is 0 Å². The van der Waals surface area contributed by atoms with Crippen LogP contribution >= 0.6 is 0 Å².